The molecular formula is C13H18N2O3. The highest BCUT2D eigenvalue weighted by Gasteiger charge is 2.34. The van der Waals surface area contributed by atoms with Crippen LogP contribution in [0.15, 0.2) is 24.3 Å². The Morgan fingerprint density at radius 1 is 1.56 bits per heavy atom. The molecule has 0 heterocycles. The van der Waals surface area contributed by atoms with Crippen molar-refractivity contribution in [3.63, 3.8) is 0 Å². The first kappa shape index (κ1) is 13.0. The Bertz CT molecular complexity index is 444. The maximum atomic E-state index is 10.7. The average Bonchev–Trinajstić information content (AvgIpc) is 2.33. The van der Waals surface area contributed by atoms with Crippen molar-refractivity contribution >= 4 is 5.69 Å². The fraction of sp³-hybridized carbons (Fsp3) is 0.538. The molecule has 1 fully saturated rings. The van der Waals surface area contributed by atoms with Gasteiger partial charge in [-0.2, -0.15) is 0 Å². The van der Waals surface area contributed by atoms with E-state index in [0.29, 0.717) is 6.54 Å². The molecule has 0 aromatic heterocycles. The van der Waals surface area contributed by atoms with Crippen LogP contribution in [-0.4, -0.2) is 22.2 Å². The van der Waals surface area contributed by atoms with Crippen LogP contribution in [0.3, 0.4) is 0 Å². The maximum Gasteiger partial charge on any atom is 0.269 e. The van der Waals surface area contributed by atoms with Crippen molar-refractivity contribution in [3.05, 3.63) is 39.9 Å². The largest absolute Gasteiger partial charge is 0.389 e. The molecule has 0 spiro atoms. The normalized spacial score (nSPS) is 19.0. The lowest BCUT2D eigenvalue weighted by Gasteiger charge is -2.37. The second kappa shape index (κ2) is 5.04. The summed E-state index contributed by atoms with van der Waals surface area (Å²) in [5, 5.41) is 23.9. The molecule has 98 valence electrons. The van der Waals surface area contributed by atoms with Gasteiger partial charge < -0.3 is 10.4 Å². The van der Waals surface area contributed by atoms with Gasteiger partial charge in [-0.05, 0) is 31.7 Å². The molecule has 0 aliphatic heterocycles. The van der Waals surface area contributed by atoms with Gasteiger partial charge in [0.05, 0.1) is 10.5 Å². The second-order valence-electron chi connectivity index (χ2n) is 5.03. The van der Waals surface area contributed by atoms with Gasteiger partial charge in [0.1, 0.15) is 0 Å². The van der Waals surface area contributed by atoms with Gasteiger partial charge in [0.25, 0.3) is 5.69 Å². The number of aliphatic hydroxyl groups is 1. The van der Waals surface area contributed by atoms with E-state index >= 15 is 0 Å². The Hall–Kier alpha value is -1.46. The molecule has 1 aromatic carbocycles. The molecule has 1 atom stereocenters. The van der Waals surface area contributed by atoms with Crippen LogP contribution in [0.5, 0.6) is 0 Å². The average molecular weight is 250 g/mol. The van der Waals surface area contributed by atoms with Crippen molar-refractivity contribution in [2.75, 3.05) is 6.54 Å². The molecule has 0 saturated heterocycles. The summed E-state index contributed by atoms with van der Waals surface area (Å²) in [7, 11) is 0. The number of non-ortho nitro benzene ring substituents is 1. The van der Waals surface area contributed by atoms with Crippen LogP contribution in [0.1, 0.15) is 37.8 Å². The summed E-state index contributed by atoms with van der Waals surface area (Å²) in [5.74, 6) is 0. The summed E-state index contributed by atoms with van der Waals surface area (Å²) in [6.07, 6.45) is 2.74. The first-order chi connectivity index (χ1) is 8.50. The van der Waals surface area contributed by atoms with Gasteiger partial charge in [-0.1, -0.05) is 12.1 Å². The lowest BCUT2D eigenvalue weighted by molar-refractivity contribution is -0.384. The molecule has 1 aromatic rings. The molecule has 1 aliphatic carbocycles. The first-order valence-electron chi connectivity index (χ1n) is 6.20. The van der Waals surface area contributed by atoms with Crippen LogP contribution >= 0.6 is 0 Å². The monoisotopic (exact) mass is 250 g/mol. The Labute approximate surface area is 106 Å². The van der Waals surface area contributed by atoms with Crippen molar-refractivity contribution in [2.45, 2.75) is 37.8 Å². The Morgan fingerprint density at radius 2 is 2.28 bits per heavy atom. The molecule has 1 saturated carbocycles. The lowest BCUT2D eigenvalue weighted by atomic mass is 9.80. The first-order valence-corrected chi connectivity index (χ1v) is 6.20. The van der Waals surface area contributed by atoms with E-state index in [-0.39, 0.29) is 11.7 Å². The molecule has 1 unspecified atom stereocenters. The predicted molar refractivity (Wildman–Crippen MR) is 68.3 cm³/mol. The van der Waals surface area contributed by atoms with E-state index in [2.05, 4.69) is 5.32 Å². The Morgan fingerprint density at radius 3 is 2.83 bits per heavy atom. The van der Waals surface area contributed by atoms with Crippen LogP contribution in [0.4, 0.5) is 5.69 Å². The number of nitrogens with one attached hydrogen (secondary N) is 1. The standard InChI is InChI=1S/C13H18N2O3/c1-10(14-9-13(16)6-3-7-13)11-4-2-5-12(8-11)15(17)18/h2,4-5,8,10,14,16H,3,6-7,9H2,1H3. The third-order valence-corrected chi connectivity index (χ3v) is 3.60. The van der Waals surface area contributed by atoms with Crippen LogP contribution in [0, 0.1) is 10.1 Å². The van der Waals surface area contributed by atoms with Crippen molar-refractivity contribution < 1.29 is 10.0 Å². The zero-order valence-corrected chi connectivity index (χ0v) is 10.4. The number of nitro groups is 1. The Kier molecular flexibility index (Phi) is 3.63. The number of benzene rings is 1. The minimum atomic E-state index is -0.574. The smallest absolute Gasteiger partial charge is 0.269 e. The number of nitro benzene ring substituents is 1. The van der Waals surface area contributed by atoms with Crippen LogP contribution in [-0.2, 0) is 0 Å². The van der Waals surface area contributed by atoms with E-state index < -0.39 is 10.5 Å². The fourth-order valence-corrected chi connectivity index (χ4v) is 2.13. The van der Waals surface area contributed by atoms with Gasteiger partial charge in [0.15, 0.2) is 0 Å². The molecule has 2 rings (SSSR count). The molecule has 5 nitrogen and oxygen atoms in total. The van der Waals surface area contributed by atoms with Crippen molar-refractivity contribution in [1.82, 2.24) is 5.32 Å². The van der Waals surface area contributed by atoms with E-state index in [9.17, 15) is 15.2 Å². The SMILES string of the molecule is CC(NCC1(O)CCC1)c1cccc([N+](=O)[O-])c1. The lowest BCUT2D eigenvalue weighted by Crippen LogP contribution is -2.46. The molecule has 0 bridgehead atoms. The van der Waals surface area contributed by atoms with Gasteiger partial charge in [-0.25, -0.2) is 0 Å². The van der Waals surface area contributed by atoms with Gasteiger partial charge in [-0.15, -0.1) is 0 Å². The highest BCUT2D eigenvalue weighted by molar-refractivity contribution is 5.35. The van der Waals surface area contributed by atoms with Gasteiger partial charge >= 0.3 is 0 Å². The molecular weight excluding hydrogens is 232 g/mol. The van der Waals surface area contributed by atoms with Crippen molar-refractivity contribution in [2.24, 2.45) is 0 Å². The summed E-state index contributed by atoms with van der Waals surface area (Å²) in [4.78, 5) is 10.3. The summed E-state index contributed by atoms with van der Waals surface area (Å²) in [6.45, 7) is 2.48. The van der Waals surface area contributed by atoms with Crippen LogP contribution < -0.4 is 5.32 Å². The number of rotatable bonds is 5. The molecule has 18 heavy (non-hydrogen) atoms. The Balaban J connectivity index is 1.97. The summed E-state index contributed by atoms with van der Waals surface area (Å²) in [5.41, 5.74) is 0.394. The maximum absolute atomic E-state index is 10.7. The van der Waals surface area contributed by atoms with E-state index in [0.717, 1.165) is 24.8 Å². The van der Waals surface area contributed by atoms with Crippen molar-refractivity contribution in [1.29, 1.82) is 0 Å². The van der Waals surface area contributed by atoms with E-state index in [4.69, 9.17) is 0 Å². The van der Waals surface area contributed by atoms with Gasteiger partial charge in [0.2, 0.25) is 0 Å². The minimum Gasteiger partial charge on any atom is -0.389 e. The number of hydrogen-bond acceptors (Lipinski definition) is 4. The third-order valence-electron chi connectivity index (χ3n) is 3.60. The van der Waals surface area contributed by atoms with E-state index in [1.165, 1.54) is 6.07 Å². The third kappa shape index (κ3) is 2.86. The van der Waals surface area contributed by atoms with Gasteiger partial charge in [0, 0.05) is 24.7 Å². The van der Waals surface area contributed by atoms with E-state index in [1.54, 1.807) is 12.1 Å². The summed E-state index contributed by atoms with van der Waals surface area (Å²) < 4.78 is 0. The number of nitrogens with zero attached hydrogens (tertiary/aromatic N) is 1. The summed E-state index contributed by atoms with van der Waals surface area (Å²) in [6, 6.07) is 6.59. The fourth-order valence-electron chi connectivity index (χ4n) is 2.13. The van der Waals surface area contributed by atoms with Crippen molar-refractivity contribution in [3.8, 4) is 0 Å². The highest BCUT2D eigenvalue weighted by Crippen LogP contribution is 2.31. The van der Waals surface area contributed by atoms with Crippen LogP contribution in [0.25, 0.3) is 0 Å². The molecule has 0 radical (unpaired) electrons. The molecule has 2 N–H and O–H groups in total. The topological polar surface area (TPSA) is 75.4 Å². The second-order valence-corrected chi connectivity index (χ2v) is 5.03. The predicted octanol–water partition coefficient (Wildman–Crippen LogP) is 2.16. The van der Waals surface area contributed by atoms with Crippen LogP contribution in [0.2, 0.25) is 0 Å². The molecule has 0 amide bonds. The highest BCUT2D eigenvalue weighted by atomic mass is 16.6. The number of hydrogen-bond donors (Lipinski definition) is 2. The molecule has 5 heteroatoms. The zero-order chi connectivity index (χ0) is 13.2. The summed E-state index contributed by atoms with van der Waals surface area (Å²) >= 11 is 0. The quantitative estimate of drug-likeness (QED) is 0.620. The zero-order valence-electron chi connectivity index (χ0n) is 10.4. The molecule has 1 aliphatic rings. The minimum absolute atomic E-state index is 0.00507. The van der Waals surface area contributed by atoms with Gasteiger partial charge in [-0.3, -0.25) is 10.1 Å². The van der Waals surface area contributed by atoms with E-state index in [1.807, 2.05) is 13.0 Å².